The lowest BCUT2D eigenvalue weighted by molar-refractivity contribution is -0.131. The largest absolute Gasteiger partial charge is 0.478 e. The quantitative estimate of drug-likeness (QED) is 0.664. The number of aromatic carboxylic acids is 1. The van der Waals surface area contributed by atoms with E-state index in [0.717, 1.165) is 17.7 Å². The van der Waals surface area contributed by atoms with E-state index in [2.05, 4.69) is 5.32 Å². The van der Waals surface area contributed by atoms with E-state index in [-0.39, 0.29) is 12.1 Å². The van der Waals surface area contributed by atoms with E-state index in [4.69, 9.17) is 10.2 Å². The van der Waals surface area contributed by atoms with Crippen molar-refractivity contribution in [1.82, 2.24) is 5.32 Å². The van der Waals surface area contributed by atoms with E-state index in [0.29, 0.717) is 0 Å². The molecule has 1 rings (SSSR count). The van der Waals surface area contributed by atoms with Crippen LogP contribution in [0.2, 0.25) is 0 Å². The summed E-state index contributed by atoms with van der Waals surface area (Å²) in [5.74, 6) is -2.74. The second-order valence-corrected chi connectivity index (χ2v) is 3.39. The molecular weight excluding hydrogens is 238 g/mol. The lowest BCUT2D eigenvalue weighted by atomic mass is 10.1. The molecule has 0 aliphatic carbocycles. The molecule has 94 valence electrons. The second kappa shape index (κ2) is 6.19. The summed E-state index contributed by atoms with van der Waals surface area (Å²) in [6.07, 6.45) is 1.65. The molecule has 0 atom stereocenters. The van der Waals surface area contributed by atoms with Gasteiger partial charge in [0.05, 0.1) is 5.56 Å². The number of nitrogens with one attached hydrogen (secondary N) is 1. The summed E-state index contributed by atoms with van der Waals surface area (Å²) >= 11 is 0. The maximum absolute atomic E-state index is 11.1. The number of rotatable bonds is 5. The maximum Gasteiger partial charge on any atom is 0.335 e. The summed E-state index contributed by atoms with van der Waals surface area (Å²) in [5.41, 5.74) is 0.882. The fourth-order valence-corrected chi connectivity index (χ4v) is 1.16. The molecule has 18 heavy (non-hydrogen) atoms. The van der Waals surface area contributed by atoms with Crippen molar-refractivity contribution in [1.29, 1.82) is 0 Å². The van der Waals surface area contributed by atoms with Crippen molar-refractivity contribution < 1.29 is 24.6 Å². The number of hydrogen-bond donors (Lipinski definition) is 3. The van der Waals surface area contributed by atoms with Crippen molar-refractivity contribution in [3.8, 4) is 0 Å². The van der Waals surface area contributed by atoms with E-state index >= 15 is 0 Å². The first kappa shape index (κ1) is 13.4. The summed E-state index contributed by atoms with van der Waals surface area (Å²) in [5, 5.41) is 19.5. The molecule has 0 bridgehead atoms. The predicted molar refractivity (Wildman–Crippen MR) is 62.0 cm³/mol. The van der Waals surface area contributed by atoms with Gasteiger partial charge >= 0.3 is 11.9 Å². The van der Waals surface area contributed by atoms with Gasteiger partial charge in [-0.2, -0.15) is 0 Å². The molecule has 0 unspecified atom stereocenters. The molecule has 0 aliphatic heterocycles. The molecule has 0 spiro atoms. The number of carbonyl (C=O) groups is 3. The van der Waals surface area contributed by atoms with Crippen molar-refractivity contribution in [2.75, 3.05) is 0 Å². The van der Waals surface area contributed by atoms with Gasteiger partial charge in [-0.1, -0.05) is 12.1 Å². The minimum absolute atomic E-state index is 0.163. The molecule has 0 aliphatic rings. The van der Waals surface area contributed by atoms with Gasteiger partial charge in [0.2, 0.25) is 5.91 Å². The lowest BCUT2D eigenvalue weighted by Gasteiger charge is -2.02. The van der Waals surface area contributed by atoms with Gasteiger partial charge in [0.25, 0.3) is 0 Å². The molecule has 0 aromatic heterocycles. The second-order valence-electron chi connectivity index (χ2n) is 3.39. The van der Waals surface area contributed by atoms with Crippen LogP contribution >= 0.6 is 0 Å². The molecule has 6 heteroatoms. The van der Waals surface area contributed by atoms with E-state index in [1.165, 1.54) is 12.1 Å². The fourth-order valence-electron chi connectivity index (χ4n) is 1.16. The summed E-state index contributed by atoms with van der Waals surface area (Å²) < 4.78 is 0. The molecule has 0 saturated heterocycles. The Morgan fingerprint density at radius 2 is 1.67 bits per heavy atom. The fraction of sp³-hybridized carbons (Fsp3) is 0.0833. The van der Waals surface area contributed by atoms with Crippen LogP contribution in [0, 0.1) is 0 Å². The van der Waals surface area contributed by atoms with Crippen LogP contribution in [0.1, 0.15) is 15.9 Å². The molecule has 0 heterocycles. The Hall–Kier alpha value is -2.63. The Balaban J connectivity index is 2.51. The van der Waals surface area contributed by atoms with Crippen molar-refractivity contribution in [3.05, 3.63) is 47.5 Å². The van der Waals surface area contributed by atoms with Crippen LogP contribution in [-0.2, 0) is 16.1 Å². The van der Waals surface area contributed by atoms with E-state index in [1.54, 1.807) is 12.1 Å². The van der Waals surface area contributed by atoms with Crippen molar-refractivity contribution >= 4 is 17.8 Å². The Morgan fingerprint density at radius 3 is 2.17 bits per heavy atom. The topological polar surface area (TPSA) is 104 Å². The smallest absolute Gasteiger partial charge is 0.335 e. The Morgan fingerprint density at radius 1 is 1.06 bits per heavy atom. The van der Waals surface area contributed by atoms with Gasteiger partial charge in [-0.15, -0.1) is 0 Å². The van der Waals surface area contributed by atoms with E-state index < -0.39 is 17.8 Å². The highest BCUT2D eigenvalue weighted by Gasteiger charge is 2.02. The number of carboxylic acid groups (broad SMARTS) is 2. The molecule has 1 amide bonds. The zero-order valence-corrected chi connectivity index (χ0v) is 9.29. The molecule has 6 nitrogen and oxygen atoms in total. The summed E-state index contributed by atoms with van der Waals surface area (Å²) in [6, 6.07) is 6.00. The SMILES string of the molecule is O=C(O)C=CC(=O)NCc1ccc(C(=O)O)cc1. The van der Waals surface area contributed by atoms with Crippen LogP contribution in [0.5, 0.6) is 0 Å². The van der Waals surface area contributed by atoms with Crippen LogP contribution in [0.15, 0.2) is 36.4 Å². The number of carboxylic acids is 2. The third-order valence-corrected chi connectivity index (χ3v) is 2.04. The minimum atomic E-state index is -1.20. The summed E-state index contributed by atoms with van der Waals surface area (Å²) in [6.45, 7) is 0.197. The maximum atomic E-state index is 11.1. The normalized spacial score (nSPS) is 10.2. The Kier molecular flexibility index (Phi) is 4.62. The molecule has 3 N–H and O–H groups in total. The molecule has 0 saturated carbocycles. The van der Waals surface area contributed by atoms with Crippen LogP contribution in [-0.4, -0.2) is 28.1 Å². The monoisotopic (exact) mass is 249 g/mol. The molecule has 1 aromatic carbocycles. The standard InChI is InChI=1S/C12H11NO5/c14-10(5-6-11(15)16)13-7-8-1-3-9(4-2-8)12(17)18/h1-6H,7H2,(H,13,14)(H,15,16)(H,17,18). The number of carbonyl (C=O) groups excluding carboxylic acids is 1. The first-order valence-corrected chi connectivity index (χ1v) is 5.00. The molecular formula is C12H11NO5. The summed E-state index contributed by atoms with van der Waals surface area (Å²) in [7, 11) is 0. The zero-order chi connectivity index (χ0) is 13.5. The van der Waals surface area contributed by atoms with Gasteiger partial charge in [-0.3, -0.25) is 4.79 Å². The highest BCUT2D eigenvalue weighted by Crippen LogP contribution is 2.04. The van der Waals surface area contributed by atoms with Gasteiger partial charge in [0.1, 0.15) is 0 Å². The van der Waals surface area contributed by atoms with Gasteiger partial charge in [-0.25, -0.2) is 9.59 Å². The van der Waals surface area contributed by atoms with Gasteiger partial charge in [0, 0.05) is 18.7 Å². The minimum Gasteiger partial charge on any atom is -0.478 e. The highest BCUT2D eigenvalue weighted by molar-refractivity contribution is 5.93. The third kappa shape index (κ3) is 4.48. The predicted octanol–water partition coefficient (Wildman–Crippen LogP) is 0.642. The number of aliphatic carboxylic acids is 1. The zero-order valence-electron chi connectivity index (χ0n) is 9.29. The first-order chi connectivity index (χ1) is 8.49. The van der Waals surface area contributed by atoms with Crippen LogP contribution < -0.4 is 5.32 Å². The number of hydrogen-bond acceptors (Lipinski definition) is 3. The highest BCUT2D eigenvalue weighted by atomic mass is 16.4. The van der Waals surface area contributed by atoms with Crippen molar-refractivity contribution in [2.24, 2.45) is 0 Å². The summed E-state index contributed by atoms with van der Waals surface area (Å²) in [4.78, 5) is 31.9. The number of benzene rings is 1. The van der Waals surface area contributed by atoms with Gasteiger partial charge in [-0.05, 0) is 17.7 Å². The molecule has 0 fully saturated rings. The van der Waals surface area contributed by atoms with E-state index in [1.807, 2.05) is 0 Å². The average Bonchev–Trinajstić information content (AvgIpc) is 2.34. The van der Waals surface area contributed by atoms with Crippen molar-refractivity contribution in [2.45, 2.75) is 6.54 Å². The van der Waals surface area contributed by atoms with E-state index in [9.17, 15) is 14.4 Å². The van der Waals surface area contributed by atoms with Crippen LogP contribution in [0.4, 0.5) is 0 Å². The van der Waals surface area contributed by atoms with Crippen molar-refractivity contribution in [3.63, 3.8) is 0 Å². The average molecular weight is 249 g/mol. The van der Waals surface area contributed by atoms with Crippen LogP contribution in [0.25, 0.3) is 0 Å². The lowest BCUT2D eigenvalue weighted by Crippen LogP contribution is -2.20. The van der Waals surface area contributed by atoms with Gasteiger partial charge in [0.15, 0.2) is 0 Å². The first-order valence-electron chi connectivity index (χ1n) is 5.00. The van der Waals surface area contributed by atoms with Crippen LogP contribution in [0.3, 0.4) is 0 Å². The Labute approximate surface area is 103 Å². The Bertz CT molecular complexity index is 490. The molecule has 1 aromatic rings. The number of amides is 1. The van der Waals surface area contributed by atoms with Gasteiger partial charge < -0.3 is 15.5 Å². The third-order valence-electron chi connectivity index (χ3n) is 2.04. The molecule has 0 radical (unpaired) electrons.